The van der Waals surface area contributed by atoms with E-state index in [9.17, 15) is 4.79 Å². The third-order valence-electron chi connectivity index (χ3n) is 3.44. The molecular weight excluding hydrogens is 258 g/mol. The predicted octanol–water partition coefficient (Wildman–Crippen LogP) is 3.14. The first-order chi connectivity index (χ1) is 9.24. The van der Waals surface area contributed by atoms with Crippen LogP contribution in [0.25, 0.3) is 0 Å². The Hall–Kier alpha value is -1.64. The Labute approximate surface area is 117 Å². The molecule has 0 aromatic heterocycles. The first kappa shape index (κ1) is 12.4. The van der Waals surface area contributed by atoms with E-state index in [1.807, 2.05) is 36.4 Å². The van der Waals surface area contributed by atoms with Crippen LogP contribution in [-0.2, 0) is 11.2 Å². The molecule has 1 heterocycles. The number of carbonyl (C=O) groups excluding carboxylic acids is 1. The Morgan fingerprint density at radius 2 is 1.89 bits per heavy atom. The molecule has 1 atom stereocenters. The molecule has 0 spiro atoms. The maximum Gasteiger partial charge on any atom is 0.151 e. The van der Waals surface area contributed by atoms with E-state index in [2.05, 4.69) is 17.4 Å². The highest BCUT2D eigenvalue weighted by Crippen LogP contribution is 2.29. The summed E-state index contributed by atoms with van der Waals surface area (Å²) >= 11 is 6.11. The lowest BCUT2D eigenvalue weighted by Gasteiger charge is -2.19. The zero-order valence-corrected chi connectivity index (χ0v) is 11.2. The summed E-state index contributed by atoms with van der Waals surface area (Å²) < 4.78 is 0. The number of rotatable bonds is 1. The highest BCUT2D eigenvalue weighted by atomic mass is 35.5. The van der Waals surface area contributed by atoms with Crippen molar-refractivity contribution in [2.24, 2.45) is 0 Å². The van der Waals surface area contributed by atoms with E-state index in [-0.39, 0.29) is 11.8 Å². The first-order valence-corrected chi connectivity index (χ1v) is 6.70. The SMILES string of the molecule is O=C1CNC(c2ccccc2)c2cc(Cl)ccc2C1. The molecule has 19 heavy (non-hydrogen) atoms. The number of carbonyl (C=O) groups is 1. The summed E-state index contributed by atoms with van der Waals surface area (Å²) in [6, 6.07) is 15.9. The maximum atomic E-state index is 11.8. The van der Waals surface area contributed by atoms with E-state index < -0.39 is 0 Å². The molecular formula is C16H14ClNO. The average molecular weight is 272 g/mol. The average Bonchev–Trinajstić information content (AvgIpc) is 2.58. The van der Waals surface area contributed by atoms with Gasteiger partial charge in [0.2, 0.25) is 0 Å². The van der Waals surface area contributed by atoms with Crippen LogP contribution in [-0.4, -0.2) is 12.3 Å². The van der Waals surface area contributed by atoms with Crippen molar-refractivity contribution in [2.45, 2.75) is 12.5 Å². The van der Waals surface area contributed by atoms with Gasteiger partial charge in [-0.3, -0.25) is 10.1 Å². The minimum Gasteiger partial charge on any atom is -0.299 e. The molecule has 1 unspecified atom stereocenters. The zero-order chi connectivity index (χ0) is 13.2. The molecule has 0 bridgehead atoms. The lowest BCUT2D eigenvalue weighted by atomic mass is 9.94. The number of ketones is 1. The van der Waals surface area contributed by atoms with Gasteiger partial charge in [-0.1, -0.05) is 48.0 Å². The fraction of sp³-hybridized carbons (Fsp3) is 0.188. The van der Waals surface area contributed by atoms with Crippen molar-refractivity contribution in [3.05, 3.63) is 70.2 Å². The minimum atomic E-state index is 0.0290. The summed E-state index contributed by atoms with van der Waals surface area (Å²) in [6.45, 7) is 0.395. The Morgan fingerprint density at radius 1 is 1.11 bits per heavy atom. The number of nitrogens with one attached hydrogen (secondary N) is 1. The zero-order valence-electron chi connectivity index (χ0n) is 10.4. The lowest BCUT2D eigenvalue weighted by Crippen LogP contribution is -2.25. The van der Waals surface area contributed by atoms with Crippen molar-refractivity contribution in [1.82, 2.24) is 5.32 Å². The van der Waals surface area contributed by atoms with Crippen LogP contribution >= 0.6 is 11.6 Å². The van der Waals surface area contributed by atoms with E-state index in [1.165, 1.54) is 0 Å². The molecule has 0 aliphatic carbocycles. The standard InChI is InChI=1S/C16H14ClNO/c17-13-7-6-12-8-14(19)10-18-16(15(12)9-13)11-4-2-1-3-5-11/h1-7,9,16,18H,8,10H2. The second-order valence-electron chi connectivity index (χ2n) is 4.78. The molecule has 0 saturated heterocycles. The van der Waals surface area contributed by atoms with Crippen LogP contribution in [0.1, 0.15) is 22.7 Å². The van der Waals surface area contributed by atoms with E-state index in [1.54, 1.807) is 0 Å². The van der Waals surface area contributed by atoms with Gasteiger partial charge in [-0.05, 0) is 28.8 Å². The van der Waals surface area contributed by atoms with Crippen LogP contribution < -0.4 is 5.32 Å². The van der Waals surface area contributed by atoms with Crippen molar-refractivity contribution in [1.29, 1.82) is 0 Å². The Morgan fingerprint density at radius 3 is 2.68 bits per heavy atom. The molecule has 0 fully saturated rings. The molecule has 2 aromatic carbocycles. The maximum absolute atomic E-state index is 11.8. The molecule has 1 aliphatic rings. The van der Waals surface area contributed by atoms with Crippen molar-refractivity contribution in [3.63, 3.8) is 0 Å². The number of fused-ring (bicyclic) bond motifs is 1. The molecule has 2 aromatic rings. The molecule has 96 valence electrons. The van der Waals surface area contributed by atoms with Crippen LogP contribution in [0.4, 0.5) is 0 Å². The van der Waals surface area contributed by atoms with E-state index in [0.29, 0.717) is 18.0 Å². The van der Waals surface area contributed by atoms with Gasteiger partial charge < -0.3 is 0 Å². The fourth-order valence-electron chi connectivity index (χ4n) is 2.54. The van der Waals surface area contributed by atoms with Gasteiger partial charge in [0.1, 0.15) is 0 Å². The van der Waals surface area contributed by atoms with Crippen LogP contribution in [0, 0.1) is 0 Å². The third kappa shape index (κ3) is 2.55. The summed E-state index contributed by atoms with van der Waals surface area (Å²) in [5.41, 5.74) is 3.32. The lowest BCUT2D eigenvalue weighted by molar-refractivity contribution is -0.117. The number of hydrogen-bond donors (Lipinski definition) is 1. The second-order valence-corrected chi connectivity index (χ2v) is 5.22. The van der Waals surface area contributed by atoms with Crippen molar-refractivity contribution < 1.29 is 4.79 Å². The van der Waals surface area contributed by atoms with Gasteiger partial charge in [0.25, 0.3) is 0 Å². The number of benzene rings is 2. The van der Waals surface area contributed by atoms with Gasteiger partial charge >= 0.3 is 0 Å². The second kappa shape index (κ2) is 5.16. The molecule has 0 amide bonds. The number of hydrogen-bond acceptors (Lipinski definition) is 2. The molecule has 2 nitrogen and oxygen atoms in total. The normalized spacial score (nSPS) is 18.8. The van der Waals surface area contributed by atoms with Crippen molar-refractivity contribution >= 4 is 17.4 Å². The van der Waals surface area contributed by atoms with E-state index in [4.69, 9.17) is 11.6 Å². The molecule has 1 aliphatic heterocycles. The first-order valence-electron chi connectivity index (χ1n) is 6.32. The molecule has 0 saturated carbocycles. The largest absolute Gasteiger partial charge is 0.299 e. The van der Waals surface area contributed by atoms with Crippen LogP contribution in [0.2, 0.25) is 5.02 Å². The summed E-state index contributed by atoms with van der Waals surface area (Å²) in [7, 11) is 0. The van der Waals surface area contributed by atoms with Crippen molar-refractivity contribution in [2.75, 3.05) is 6.54 Å². The molecule has 0 radical (unpaired) electrons. The van der Waals surface area contributed by atoms with E-state index in [0.717, 1.165) is 16.7 Å². The van der Waals surface area contributed by atoms with Gasteiger partial charge in [-0.25, -0.2) is 0 Å². The van der Waals surface area contributed by atoms with Gasteiger partial charge in [0.15, 0.2) is 5.78 Å². The summed E-state index contributed by atoms with van der Waals surface area (Å²) in [5.74, 6) is 0.210. The Kier molecular flexibility index (Phi) is 3.36. The molecule has 3 rings (SSSR count). The summed E-state index contributed by atoms with van der Waals surface area (Å²) in [6.07, 6.45) is 0.475. The quantitative estimate of drug-likeness (QED) is 0.863. The topological polar surface area (TPSA) is 29.1 Å². The highest BCUT2D eigenvalue weighted by molar-refractivity contribution is 6.30. The van der Waals surface area contributed by atoms with Gasteiger partial charge in [0, 0.05) is 11.4 Å². The minimum absolute atomic E-state index is 0.0290. The van der Waals surface area contributed by atoms with Crippen molar-refractivity contribution in [3.8, 4) is 0 Å². The van der Waals surface area contributed by atoms with Gasteiger partial charge in [-0.15, -0.1) is 0 Å². The van der Waals surface area contributed by atoms with Gasteiger partial charge in [0.05, 0.1) is 12.6 Å². The van der Waals surface area contributed by atoms with Crippen LogP contribution in [0.5, 0.6) is 0 Å². The smallest absolute Gasteiger partial charge is 0.151 e. The Balaban J connectivity index is 2.11. The summed E-state index contributed by atoms with van der Waals surface area (Å²) in [4.78, 5) is 11.8. The number of Topliss-reactive ketones (excluding diaryl/α,β-unsaturated/α-hetero) is 1. The predicted molar refractivity (Wildman–Crippen MR) is 76.5 cm³/mol. The molecule has 1 N–H and O–H groups in total. The van der Waals surface area contributed by atoms with Gasteiger partial charge in [-0.2, -0.15) is 0 Å². The fourth-order valence-corrected chi connectivity index (χ4v) is 2.72. The molecule has 3 heteroatoms. The highest BCUT2D eigenvalue weighted by Gasteiger charge is 2.23. The van der Waals surface area contributed by atoms with Crippen LogP contribution in [0.15, 0.2) is 48.5 Å². The van der Waals surface area contributed by atoms with Crippen LogP contribution in [0.3, 0.4) is 0 Å². The van der Waals surface area contributed by atoms with E-state index >= 15 is 0 Å². The third-order valence-corrected chi connectivity index (χ3v) is 3.68. The number of halogens is 1. The monoisotopic (exact) mass is 271 g/mol. The Bertz CT molecular complexity index is 609. The summed E-state index contributed by atoms with van der Waals surface area (Å²) in [5, 5.41) is 4.03.